The highest BCUT2D eigenvalue weighted by Gasteiger charge is 2.48. The first kappa shape index (κ1) is 40.1. The van der Waals surface area contributed by atoms with Crippen molar-refractivity contribution in [2.24, 2.45) is 0 Å². The molecular weight excluding hydrogens is 646 g/mol. The fraction of sp³-hybridized carbons (Fsp3) is 1.00. The Kier molecular flexibility index (Phi) is 16.8. The first-order valence-electron chi connectivity index (χ1n) is 16.7. The predicted molar refractivity (Wildman–Crippen MR) is 176 cm³/mol. The van der Waals surface area contributed by atoms with Crippen molar-refractivity contribution in [1.29, 1.82) is 0 Å². The van der Waals surface area contributed by atoms with Gasteiger partial charge in [0.1, 0.15) is 12.3 Å². The molecule has 0 aromatic heterocycles. The Morgan fingerprint density at radius 2 is 0.932 bits per heavy atom. The minimum Gasteiger partial charge on any atom is -0.311 e. The van der Waals surface area contributed by atoms with E-state index < -0.39 is 57.4 Å². The van der Waals surface area contributed by atoms with Crippen LogP contribution in [0.5, 0.6) is 0 Å². The summed E-state index contributed by atoms with van der Waals surface area (Å²) in [6.45, 7) is 9.98. The van der Waals surface area contributed by atoms with Crippen LogP contribution in [0, 0.1) is 0 Å². The third-order valence-electron chi connectivity index (χ3n) is 9.14. The molecule has 0 radical (unpaired) electrons. The molecule has 0 bridgehead atoms. The zero-order valence-corrected chi connectivity index (χ0v) is 31.3. The molecule has 6 atom stereocenters. The maximum absolute atomic E-state index is 13.2. The van der Waals surface area contributed by atoms with Gasteiger partial charge in [0.2, 0.25) is 0 Å². The van der Waals surface area contributed by atoms with Crippen molar-refractivity contribution in [2.45, 2.75) is 178 Å². The molecule has 0 saturated heterocycles. The zero-order chi connectivity index (χ0) is 33.0. The van der Waals surface area contributed by atoms with E-state index in [1.54, 1.807) is 13.8 Å². The first-order valence-corrected chi connectivity index (χ1v) is 22.5. The van der Waals surface area contributed by atoms with Crippen LogP contribution in [0.2, 0.25) is 0 Å². The highest BCUT2D eigenvalue weighted by molar-refractivity contribution is 7.87. The van der Waals surface area contributed by atoms with Crippen molar-refractivity contribution in [1.82, 2.24) is 0 Å². The van der Waals surface area contributed by atoms with Crippen LogP contribution in [-0.2, 0) is 47.2 Å². The van der Waals surface area contributed by atoms with Crippen molar-refractivity contribution in [3.05, 3.63) is 0 Å². The number of hydrogen-bond donors (Lipinski definition) is 0. The summed E-state index contributed by atoms with van der Waals surface area (Å²) in [6.07, 6.45) is 12.7. The largest absolute Gasteiger partial charge is 0.373 e. The minimum absolute atomic E-state index is 0.310. The van der Waals surface area contributed by atoms with Gasteiger partial charge >= 0.3 is 15.6 Å². The van der Waals surface area contributed by atoms with E-state index in [9.17, 15) is 26.0 Å². The van der Waals surface area contributed by atoms with Crippen LogP contribution in [0.25, 0.3) is 0 Å². The van der Waals surface area contributed by atoms with Crippen LogP contribution in [0.1, 0.15) is 144 Å². The Morgan fingerprint density at radius 3 is 1.23 bits per heavy atom. The third kappa shape index (κ3) is 12.5. The highest BCUT2D eigenvalue weighted by Crippen LogP contribution is 2.46. The maximum atomic E-state index is 13.2. The lowest BCUT2D eigenvalue weighted by Gasteiger charge is -2.26. The molecule has 6 unspecified atom stereocenters. The van der Waals surface area contributed by atoms with E-state index in [4.69, 9.17) is 17.8 Å². The molecule has 2 fully saturated rings. The fourth-order valence-corrected chi connectivity index (χ4v) is 11.1. The van der Waals surface area contributed by atoms with E-state index in [0.717, 1.165) is 77.0 Å². The van der Waals surface area contributed by atoms with E-state index in [1.165, 1.54) is 13.8 Å². The van der Waals surface area contributed by atoms with Crippen molar-refractivity contribution < 1.29 is 43.8 Å². The van der Waals surface area contributed by atoms with Gasteiger partial charge in [-0.2, -0.15) is 16.8 Å². The molecule has 44 heavy (non-hydrogen) atoms. The van der Waals surface area contributed by atoms with Gasteiger partial charge in [-0.3, -0.25) is 8.37 Å². The van der Waals surface area contributed by atoms with Gasteiger partial charge in [0.05, 0.1) is 12.2 Å². The third-order valence-corrected chi connectivity index (χ3v) is 16.4. The summed E-state index contributed by atoms with van der Waals surface area (Å²) in [5, 5.41) is -2.17. The van der Waals surface area contributed by atoms with Crippen LogP contribution < -0.4 is 0 Å². The molecule has 0 amide bonds. The normalized spacial score (nSPS) is 22.5. The van der Waals surface area contributed by atoms with E-state index in [1.807, 2.05) is 13.8 Å². The molecule has 258 valence electrons. The van der Waals surface area contributed by atoms with E-state index in [-0.39, 0.29) is 12.2 Å². The molecular formula is C30H58O10P2S2+2. The Labute approximate surface area is 269 Å². The quantitative estimate of drug-likeness (QED) is 0.0649. The Hall–Kier alpha value is -0.0600. The van der Waals surface area contributed by atoms with Gasteiger partial charge in [0.15, 0.2) is 10.9 Å². The van der Waals surface area contributed by atoms with Gasteiger partial charge in [-0.15, -0.1) is 0 Å². The molecule has 10 nitrogen and oxygen atoms in total. The van der Waals surface area contributed by atoms with Gasteiger partial charge in [-0.25, -0.2) is 0 Å². The molecule has 2 aliphatic carbocycles. The molecule has 0 aliphatic heterocycles. The summed E-state index contributed by atoms with van der Waals surface area (Å²) in [6, 6.07) is 0. The monoisotopic (exact) mass is 704 g/mol. The maximum Gasteiger partial charge on any atom is 0.373 e. The molecule has 14 heteroatoms. The van der Waals surface area contributed by atoms with E-state index in [2.05, 4.69) is 0 Å². The standard InChI is InChI=1S/C30H58O10P2S2/c1-7-29(5,37-25(3)43(33,34)39-27-19-13-11-14-20-27)41(31)23-17-9-10-18-24-42(32)30(6,8-2)38-26(4)44(35,36)40-28-21-15-12-16-22-28/h25-28H,7-24H2,1-6H3/q+2. The van der Waals surface area contributed by atoms with Crippen LogP contribution in [0.3, 0.4) is 0 Å². The first-order chi connectivity index (χ1) is 20.6. The van der Waals surface area contributed by atoms with Crippen molar-refractivity contribution in [2.75, 3.05) is 12.3 Å². The number of unbranched alkanes of at least 4 members (excludes halogenated alkanes) is 3. The molecule has 2 saturated carbocycles. The van der Waals surface area contributed by atoms with E-state index >= 15 is 0 Å². The van der Waals surface area contributed by atoms with Gasteiger partial charge < -0.3 is 9.47 Å². The molecule has 2 rings (SSSR count). The zero-order valence-electron chi connectivity index (χ0n) is 27.8. The van der Waals surface area contributed by atoms with Gasteiger partial charge in [0.25, 0.3) is 30.9 Å². The molecule has 0 aromatic rings. The SMILES string of the molecule is CCC(C)(OC(C)S(=O)(=O)OC1CCCCC1)[P+](=O)CCCCCC[P+](=O)C(C)(CC)OC(C)S(=O)(=O)OC1CCCCC1. The fourth-order valence-electron chi connectivity index (χ4n) is 5.67. The van der Waals surface area contributed by atoms with Gasteiger partial charge in [0, 0.05) is 26.7 Å². The second kappa shape index (κ2) is 18.5. The Bertz CT molecular complexity index is 1030. The summed E-state index contributed by atoms with van der Waals surface area (Å²) in [5.74, 6) is 0. The summed E-state index contributed by atoms with van der Waals surface area (Å²) in [7, 11) is -11.6. The topological polar surface area (TPSA) is 139 Å². The molecule has 2 aliphatic rings. The van der Waals surface area contributed by atoms with Crippen LogP contribution >= 0.6 is 15.6 Å². The second-order valence-corrected chi connectivity index (χ2v) is 20.7. The average molecular weight is 705 g/mol. The molecule has 0 spiro atoms. The Balaban J connectivity index is 1.77. The second-order valence-electron chi connectivity index (χ2n) is 12.7. The Morgan fingerprint density at radius 1 is 0.614 bits per heavy atom. The van der Waals surface area contributed by atoms with Crippen molar-refractivity contribution in [3.8, 4) is 0 Å². The number of hydrogen-bond acceptors (Lipinski definition) is 10. The summed E-state index contributed by atoms with van der Waals surface area (Å²) in [4.78, 5) is 0. The average Bonchev–Trinajstić information content (AvgIpc) is 2.98. The van der Waals surface area contributed by atoms with Crippen LogP contribution in [0.15, 0.2) is 0 Å². The van der Waals surface area contributed by atoms with Crippen molar-refractivity contribution in [3.63, 3.8) is 0 Å². The lowest BCUT2D eigenvalue weighted by molar-refractivity contribution is 0.00634. The van der Waals surface area contributed by atoms with Crippen LogP contribution in [-0.4, -0.2) is 62.9 Å². The summed E-state index contributed by atoms with van der Waals surface area (Å²) < 4.78 is 100. The minimum atomic E-state index is -3.94. The van der Waals surface area contributed by atoms with Gasteiger partial charge in [-0.05, 0) is 65.2 Å². The highest BCUT2D eigenvalue weighted by atomic mass is 32.2. The molecule has 0 heterocycles. The smallest absolute Gasteiger partial charge is 0.311 e. The van der Waals surface area contributed by atoms with Crippen molar-refractivity contribution >= 4 is 35.8 Å². The number of ether oxygens (including phenoxy) is 2. The number of rotatable bonds is 21. The lowest BCUT2D eigenvalue weighted by Crippen LogP contribution is -2.36. The molecule has 0 aromatic carbocycles. The predicted octanol–water partition coefficient (Wildman–Crippen LogP) is 8.54. The van der Waals surface area contributed by atoms with Gasteiger partial charge in [-0.1, -0.05) is 61.5 Å². The summed E-state index contributed by atoms with van der Waals surface area (Å²) >= 11 is 0. The summed E-state index contributed by atoms with van der Waals surface area (Å²) in [5.41, 5.74) is -2.42. The van der Waals surface area contributed by atoms with E-state index in [0.29, 0.717) is 38.0 Å². The van der Waals surface area contributed by atoms with Crippen LogP contribution in [0.4, 0.5) is 0 Å². The lowest BCUT2D eigenvalue weighted by atomic mass is 9.98. The molecule has 0 N–H and O–H groups in total.